The summed E-state index contributed by atoms with van der Waals surface area (Å²) in [5, 5.41) is 7.75. The summed E-state index contributed by atoms with van der Waals surface area (Å²) in [6.45, 7) is 0. The van der Waals surface area contributed by atoms with Crippen molar-refractivity contribution in [2.24, 2.45) is 0 Å². The summed E-state index contributed by atoms with van der Waals surface area (Å²) in [6.07, 6.45) is 1.53. The monoisotopic (exact) mass is 422 g/mol. The van der Waals surface area contributed by atoms with Crippen LogP contribution in [0, 0.1) is 0 Å². The summed E-state index contributed by atoms with van der Waals surface area (Å²) in [5.41, 5.74) is 1.34. The summed E-state index contributed by atoms with van der Waals surface area (Å²) in [5.74, 6) is 2.02. The van der Waals surface area contributed by atoms with Gasteiger partial charge in [-0.05, 0) is 65.9 Å². The highest BCUT2D eigenvalue weighted by Gasteiger charge is 2.26. The number of aromatic nitrogens is 2. The standard InChI is InChI=1S/C22H18N2O5S/c1-26-16-9-5-14(6-10-16)19(25)20(15-7-11-17(27-2)12-8-15)30-22-24-23-21(29-22)18-4-3-13-28-18/h3-13,20H,1-2H3/t20-/m1/s1. The molecule has 4 aromatic rings. The summed E-state index contributed by atoms with van der Waals surface area (Å²) in [7, 11) is 3.18. The highest BCUT2D eigenvalue weighted by atomic mass is 32.2. The molecule has 2 aromatic carbocycles. The molecule has 7 nitrogen and oxygen atoms in total. The molecule has 8 heteroatoms. The molecule has 0 amide bonds. The Morgan fingerprint density at radius 3 is 2.20 bits per heavy atom. The lowest BCUT2D eigenvalue weighted by Crippen LogP contribution is -2.10. The van der Waals surface area contributed by atoms with Gasteiger partial charge in [-0.3, -0.25) is 4.79 Å². The van der Waals surface area contributed by atoms with Crippen LogP contribution in [0.2, 0.25) is 0 Å². The van der Waals surface area contributed by atoms with Crippen molar-refractivity contribution in [1.82, 2.24) is 10.2 Å². The second kappa shape index (κ2) is 8.87. The van der Waals surface area contributed by atoms with Crippen molar-refractivity contribution in [3.05, 3.63) is 78.1 Å². The molecule has 30 heavy (non-hydrogen) atoms. The number of nitrogens with zero attached hydrogens (tertiary/aromatic N) is 2. The van der Waals surface area contributed by atoms with Crippen molar-refractivity contribution in [2.45, 2.75) is 10.5 Å². The largest absolute Gasteiger partial charge is 0.497 e. The SMILES string of the molecule is COc1ccc(C(=O)[C@H](Sc2nnc(-c3ccco3)o2)c2ccc(OC)cc2)cc1. The van der Waals surface area contributed by atoms with Crippen molar-refractivity contribution in [3.8, 4) is 23.1 Å². The average Bonchev–Trinajstić information content (AvgIpc) is 3.49. The van der Waals surface area contributed by atoms with Crippen LogP contribution in [0.5, 0.6) is 11.5 Å². The molecule has 0 bridgehead atoms. The van der Waals surface area contributed by atoms with Crippen LogP contribution in [0.25, 0.3) is 11.7 Å². The Bertz CT molecular complexity index is 1110. The van der Waals surface area contributed by atoms with Crippen LogP contribution in [0.4, 0.5) is 0 Å². The van der Waals surface area contributed by atoms with Gasteiger partial charge in [-0.2, -0.15) is 0 Å². The summed E-state index contributed by atoms with van der Waals surface area (Å²) < 4.78 is 21.4. The molecule has 2 heterocycles. The minimum atomic E-state index is -0.589. The molecule has 1 atom stereocenters. The van der Waals surface area contributed by atoms with Crippen LogP contribution >= 0.6 is 11.8 Å². The Morgan fingerprint density at radius 1 is 0.933 bits per heavy atom. The van der Waals surface area contributed by atoms with Crippen molar-refractivity contribution in [2.75, 3.05) is 14.2 Å². The fourth-order valence-electron chi connectivity index (χ4n) is 2.82. The topological polar surface area (TPSA) is 87.6 Å². The van der Waals surface area contributed by atoms with E-state index in [1.165, 1.54) is 18.0 Å². The molecule has 0 spiro atoms. The lowest BCUT2D eigenvalue weighted by molar-refractivity contribution is 0.0989. The van der Waals surface area contributed by atoms with E-state index in [4.69, 9.17) is 18.3 Å². The zero-order valence-electron chi connectivity index (χ0n) is 16.3. The van der Waals surface area contributed by atoms with Crippen molar-refractivity contribution >= 4 is 17.5 Å². The molecule has 0 saturated carbocycles. The summed E-state index contributed by atoms with van der Waals surface area (Å²) in [4.78, 5) is 13.3. The quantitative estimate of drug-likeness (QED) is 0.287. The lowest BCUT2D eigenvalue weighted by atomic mass is 10.0. The van der Waals surface area contributed by atoms with E-state index in [9.17, 15) is 4.79 Å². The number of ether oxygens (including phenoxy) is 2. The molecule has 0 saturated heterocycles. The third-order valence-electron chi connectivity index (χ3n) is 4.39. The Morgan fingerprint density at radius 2 is 1.60 bits per heavy atom. The van der Waals surface area contributed by atoms with Gasteiger partial charge >= 0.3 is 0 Å². The fourth-order valence-corrected chi connectivity index (χ4v) is 3.77. The number of benzene rings is 2. The van der Waals surface area contributed by atoms with Crippen molar-refractivity contribution in [3.63, 3.8) is 0 Å². The predicted molar refractivity (Wildman–Crippen MR) is 111 cm³/mol. The van der Waals surface area contributed by atoms with E-state index in [1.807, 2.05) is 24.3 Å². The van der Waals surface area contributed by atoms with Gasteiger partial charge < -0.3 is 18.3 Å². The lowest BCUT2D eigenvalue weighted by Gasteiger charge is -2.15. The van der Waals surface area contributed by atoms with Gasteiger partial charge in [-0.25, -0.2) is 0 Å². The first-order chi connectivity index (χ1) is 14.7. The normalized spacial score (nSPS) is 11.8. The second-order valence-corrected chi connectivity index (χ2v) is 7.27. The van der Waals surface area contributed by atoms with Gasteiger partial charge in [0.05, 0.1) is 20.5 Å². The van der Waals surface area contributed by atoms with Gasteiger partial charge in [-0.1, -0.05) is 12.1 Å². The highest BCUT2D eigenvalue weighted by molar-refractivity contribution is 8.00. The van der Waals surface area contributed by atoms with E-state index in [0.717, 1.165) is 5.56 Å². The summed E-state index contributed by atoms with van der Waals surface area (Å²) >= 11 is 1.18. The van der Waals surface area contributed by atoms with Crippen LogP contribution in [0.1, 0.15) is 21.2 Å². The first kappa shape index (κ1) is 19.8. The molecule has 0 aliphatic heterocycles. The molecule has 0 aliphatic rings. The zero-order valence-corrected chi connectivity index (χ0v) is 17.1. The molecule has 2 aromatic heterocycles. The van der Waals surface area contributed by atoms with Crippen LogP contribution in [-0.2, 0) is 0 Å². The van der Waals surface area contributed by atoms with E-state index in [2.05, 4.69) is 10.2 Å². The number of hydrogen-bond donors (Lipinski definition) is 0. The van der Waals surface area contributed by atoms with Crippen LogP contribution in [-0.4, -0.2) is 30.2 Å². The Kier molecular flexibility index (Phi) is 5.85. The number of hydrogen-bond acceptors (Lipinski definition) is 8. The first-order valence-corrected chi connectivity index (χ1v) is 9.92. The van der Waals surface area contributed by atoms with Crippen molar-refractivity contribution in [1.29, 1.82) is 0 Å². The molecule has 0 fully saturated rings. The van der Waals surface area contributed by atoms with E-state index >= 15 is 0 Å². The maximum atomic E-state index is 13.3. The molecular formula is C22H18N2O5S. The number of rotatable bonds is 8. The Labute approximate surface area is 177 Å². The van der Waals surface area contributed by atoms with E-state index in [0.29, 0.717) is 22.8 Å². The number of thioether (sulfide) groups is 1. The zero-order chi connectivity index (χ0) is 20.9. The molecule has 152 valence electrons. The van der Waals surface area contributed by atoms with Crippen LogP contribution in [0.3, 0.4) is 0 Å². The second-order valence-electron chi connectivity index (χ2n) is 6.21. The van der Waals surface area contributed by atoms with E-state index in [1.54, 1.807) is 50.6 Å². The Balaban J connectivity index is 1.64. The molecule has 4 rings (SSSR count). The number of methoxy groups -OCH3 is 2. The highest BCUT2D eigenvalue weighted by Crippen LogP contribution is 2.38. The fraction of sp³-hybridized carbons (Fsp3) is 0.136. The van der Waals surface area contributed by atoms with Crippen LogP contribution in [0.15, 0.2) is 81.0 Å². The van der Waals surface area contributed by atoms with Gasteiger partial charge in [0.2, 0.25) is 0 Å². The number of Topliss-reactive ketones (excluding diaryl/α,β-unsaturated/α-hetero) is 1. The Hall–Kier alpha value is -3.52. The third-order valence-corrected chi connectivity index (χ3v) is 5.48. The maximum absolute atomic E-state index is 13.3. The number of ketones is 1. The predicted octanol–water partition coefficient (Wildman–Crippen LogP) is 5.06. The molecule has 0 radical (unpaired) electrons. The van der Waals surface area contributed by atoms with Gasteiger partial charge in [0.15, 0.2) is 11.5 Å². The number of carbonyl (C=O) groups is 1. The molecule has 0 unspecified atom stereocenters. The smallest absolute Gasteiger partial charge is 0.284 e. The minimum Gasteiger partial charge on any atom is -0.497 e. The molecular weight excluding hydrogens is 404 g/mol. The number of carbonyl (C=O) groups excluding carboxylic acids is 1. The van der Waals surface area contributed by atoms with E-state index < -0.39 is 5.25 Å². The van der Waals surface area contributed by atoms with Gasteiger partial charge in [-0.15, -0.1) is 10.2 Å². The molecule has 0 N–H and O–H groups in total. The molecule has 0 aliphatic carbocycles. The minimum absolute atomic E-state index is 0.0921. The van der Waals surface area contributed by atoms with E-state index in [-0.39, 0.29) is 16.9 Å². The van der Waals surface area contributed by atoms with Gasteiger partial charge in [0, 0.05) is 5.56 Å². The first-order valence-electron chi connectivity index (χ1n) is 9.04. The maximum Gasteiger partial charge on any atom is 0.284 e. The number of furan rings is 1. The summed E-state index contributed by atoms with van der Waals surface area (Å²) in [6, 6.07) is 17.8. The average molecular weight is 422 g/mol. The van der Waals surface area contributed by atoms with Gasteiger partial charge in [0.1, 0.15) is 16.7 Å². The van der Waals surface area contributed by atoms with Gasteiger partial charge in [0.25, 0.3) is 11.1 Å². The van der Waals surface area contributed by atoms with Crippen LogP contribution < -0.4 is 9.47 Å². The van der Waals surface area contributed by atoms with Crippen molar-refractivity contribution < 1.29 is 23.1 Å². The third kappa shape index (κ3) is 4.23.